The Bertz CT molecular complexity index is 180. The number of carbonyl (C=O) groups is 2. The standard InChI is InChI=1S/C7H13NO4/c1-5(4-9)8(2)6(10)3-7(11)12/h5,9H,3-4H2,1-2H3,(H,11,12). The highest BCUT2D eigenvalue weighted by atomic mass is 16.4. The van der Waals surface area contributed by atoms with E-state index in [4.69, 9.17) is 10.2 Å². The molecule has 12 heavy (non-hydrogen) atoms. The van der Waals surface area contributed by atoms with Gasteiger partial charge in [0.2, 0.25) is 5.91 Å². The molecule has 0 saturated carbocycles. The van der Waals surface area contributed by atoms with Gasteiger partial charge in [0.05, 0.1) is 12.6 Å². The van der Waals surface area contributed by atoms with Crippen LogP contribution in [0.3, 0.4) is 0 Å². The van der Waals surface area contributed by atoms with E-state index in [1.165, 1.54) is 11.9 Å². The van der Waals surface area contributed by atoms with Crippen molar-refractivity contribution in [2.24, 2.45) is 0 Å². The lowest BCUT2D eigenvalue weighted by Gasteiger charge is -2.22. The topological polar surface area (TPSA) is 77.8 Å². The van der Waals surface area contributed by atoms with Crippen molar-refractivity contribution in [2.45, 2.75) is 19.4 Å². The number of amides is 1. The van der Waals surface area contributed by atoms with E-state index < -0.39 is 18.3 Å². The molecule has 0 aliphatic heterocycles. The Morgan fingerprint density at radius 2 is 2.00 bits per heavy atom. The average Bonchev–Trinajstić information content (AvgIpc) is 2.00. The third-order valence-corrected chi connectivity index (χ3v) is 1.62. The van der Waals surface area contributed by atoms with Crippen LogP contribution in [0.2, 0.25) is 0 Å². The minimum atomic E-state index is -1.16. The highest BCUT2D eigenvalue weighted by molar-refractivity contribution is 5.93. The molecule has 1 atom stereocenters. The van der Waals surface area contributed by atoms with E-state index in [9.17, 15) is 9.59 Å². The van der Waals surface area contributed by atoms with Gasteiger partial charge in [-0.1, -0.05) is 0 Å². The maximum absolute atomic E-state index is 11.0. The fourth-order valence-corrected chi connectivity index (χ4v) is 0.622. The first kappa shape index (κ1) is 10.9. The number of likely N-dealkylation sites (N-methyl/N-ethyl adjacent to an activating group) is 1. The van der Waals surface area contributed by atoms with E-state index >= 15 is 0 Å². The summed E-state index contributed by atoms with van der Waals surface area (Å²) < 4.78 is 0. The fraction of sp³-hybridized carbons (Fsp3) is 0.714. The van der Waals surface area contributed by atoms with Gasteiger partial charge in [0.1, 0.15) is 6.42 Å². The summed E-state index contributed by atoms with van der Waals surface area (Å²) in [5, 5.41) is 16.9. The molecular formula is C7H13NO4. The number of aliphatic hydroxyl groups excluding tert-OH is 1. The maximum atomic E-state index is 11.0. The number of aliphatic hydroxyl groups is 1. The Morgan fingerprint density at radius 1 is 1.50 bits per heavy atom. The Hall–Kier alpha value is -1.10. The van der Waals surface area contributed by atoms with Crippen molar-refractivity contribution < 1.29 is 19.8 Å². The Kier molecular flexibility index (Phi) is 4.28. The van der Waals surface area contributed by atoms with Gasteiger partial charge in [-0.3, -0.25) is 9.59 Å². The molecule has 0 spiro atoms. The predicted octanol–water partition coefficient (Wildman–Crippen LogP) is -0.700. The molecule has 0 rings (SSSR count). The number of aliphatic carboxylic acids is 1. The summed E-state index contributed by atoms with van der Waals surface area (Å²) in [6, 6.07) is -0.336. The van der Waals surface area contributed by atoms with Crippen LogP contribution in [0.5, 0.6) is 0 Å². The molecular weight excluding hydrogens is 162 g/mol. The van der Waals surface area contributed by atoms with Crippen LogP contribution in [0.1, 0.15) is 13.3 Å². The normalized spacial score (nSPS) is 12.2. The van der Waals surface area contributed by atoms with Gasteiger partial charge >= 0.3 is 5.97 Å². The Morgan fingerprint density at radius 3 is 2.33 bits per heavy atom. The Balaban J connectivity index is 4.01. The van der Waals surface area contributed by atoms with Crippen LogP contribution >= 0.6 is 0 Å². The van der Waals surface area contributed by atoms with Crippen LogP contribution in [0.15, 0.2) is 0 Å². The van der Waals surface area contributed by atoms with E-state index in [2.05, 4.69) is 0 Å². The molecule has 70 valence electrons. The summed E-state index contributed by atoms with van der Waals surface area (Å²) >= 11 is 0. The molecule has 5 nitrogen and oxygen atoms in total. The molecule has 0 bridgehead atoms. The van der Waals surface area contributed by atoms with Gasteiger partial charge in [-0.05, 0) is 6.92 Å². The molecule has 0 saturated heterocycles. The van der Waals surface area contributed by atoms with Gasteiger partial charge in [0.15, 0.2) is 0 Å². The van der Waals surface area contributed by atoms with Gasteiger partial charge in [-0.15, -0.1) is 0 Å². The smallest absolute Gasteiger partial charge is 0.312 e. The first-order chi connectivity index (χ1) is 5.49. The van der Waals surface area contributed by atoms with Crippen molar-refractivity contribution >= 4 is 11.9 Å². The zero-order valence-corrected chi connectivity index (χ0v) is 7.15. The molecule has 5 heteroatoms. The lowest BCUT2D eigenvalue weighted by Crippen LogP contribution is -2.38. The molecule has 1 unspecified atom stereocenters. The zero-order chi connectivity index (χ0) is 9.72. The van der Waals surface area contributed by atoms with E-state index in [1.807, 2.05) is 0 Å². The minimum Gasteiger partial charge on any atom is -0.481 e. The lowest BCUT2D eigenvalue weighted by molar-refractivity contribution is -0.144. The van der Waals surface area contributed by atoms with Crippen molar-refractivity contribution in [3.63, 3.8) is 0 Å². The van der Waals surface area contributed by atoms with Crippen LogP contribution in [0.4, 0.5) is 0 Å². The summed E-state index contributed by atoms with van der Waals surface area (Å²) in [5.41, 5.74) is 0. The lowest BCUT2D eigenvalue weighted by atomic mass is 10.3. The van der Waals surface area contributed by atoms with E-state index in [1.54, 1.807) is 6.92 Å². The second-order valence-electron chi connectivity index (χ2n) is 2.61. The summed E-state index contributed by atoms with van der Waals surface area (Å²) in [6.07, 6.45) is -0.527. The molecule has 0 heterocycles. The highest BCUT2D eigenvalue weighted by Gasteiger charge is 2.16. The van der Waals surface area contributed by atoms with E-state index in [-0.39, 0.29) is 12.6 Å². The second-order valence-corrected chi connectivity index (χ2v) is 2.61. The minimum absolute atomic E-state index is 0.165. The van der Waals surface area contributed by atoms with Crippen molar-refractivity contribution in [1.82, 2.24) is 4.90 Å². The number of nitrogens with zero attached hydrogens (tertiary/aromatic N) is 1. The van der Waals surface area contributed by atoms with Gasteiger partial charge < -0.3 is 15.1 Å². The third-order valence-electron chi connectivity index (χ3n) is 1.62. The third kappa shape index (κ3) is 3.34. The van der Waals surface area contributed by atoms with Crippen LogP contribution < -0.4 is 0 Å². The van der Waals surface area contributed by atoms with Crippen LogP contribution in [0.25, 0.3) is 0 Å². The first-order valence-corrected chi connectivity index (χ1v) is 3.57. The quantitative estimate of drug-likeness (QED) is 0.554. The maximum Gasteiger partial charge on any atom is 0.312 e. The second kappa shape index (κ2) is 4.71. The first-order valence-electron chi connectivity index (χ1n) is 3.57. The molecule has 1 amide bonds. The number of carboxylic acids is 1. The van der Waals surface area contributed by atoms with Crippen LogP contribution in [0, 0.1) is 0 Å². The summed E-state index contributed by atoms with van der Waals surface area (Å²) in [6.45, 7) is 1.47. The van der Waals surface area contributed by atoms with Gasteiger partial charge in [0, 0.05) is 7.05 Å². The number of hydrogen-bond donors (Lipinski definition) is 2. The summed E-state index contributed by atoms with van der Waals surface area (Å²) in [4.78, 5) is 22.3. The van der Waals surface area contributed by atoms with Crippen molar-refractivity contribution in [2.75, 3.05) is 13.7 Å². The molecule has 2 N–H and O–H groups in total. The number of carbonyl (C=O) groups excluding carboxylic acids is 1. The van der Waals surface area contributed by atoms with Gasteiger partial charge in [-0.2, -0.15) is 0 Å². The summed E-state index contributed by atoms with van der Waals surface area (Å²) in [7, 11) is 1.46. The zero-order valence-electron chi connectivity index (χ0n) is 7.15. The van der Waals surface area contributed by atoms with E-state index in [0.29, 0.717) is 0 Å². The average molecular weight is 175 g/mol. The number of hydrogen-bond acceptors (Lipinski definition) is 3. The van der Waals surface area contributed by atoms with E-state index in [0.717, 1.165) is 0 Å². The molecule has 0 radical (unpaired) electrons. The molecule has 0 fully saturated rings. The van der Waals surface area contributed by atoms with Crippen molar-refractivity contribution in [3.8, 4) is 0 Å². The Labute approximate surface area is 70.6 Å². The molecule has 0 aromatic carbocycles. The largest absolute Gasteiger partial charge is 0.481 e. The van der Waals surface area contributed by atoms with Gasteiger partial charge in [0.25, 0.3) is 0 Å². The monoisotopic (exact) mass is 175 g/mol. The molecule has 0 aliphatic carbocycles. The molecule has 0 aromatic rings. The van der Waals surface area contributed by atoms with Crippen LogP contribution in [-0.2, 0) is 9.59 Å². The van der Waals surface area contributed by atoms with Crippen LogP contribution in [-0.4, -0.2) is 46.7 Å². The number of carboxylic acid groups (broad SMARTS) is 1. The SMILES string of the molecule is CC(CO)N(C)C(=O)CC(=O)O. The highest BCUT2D eigenvalue weighted by Crippen LogP contribution is 1.97. The summed E-state index contributed by atoms with van der Waals surface area (Å²) in [5.74, 6) is -1.65. The molecule has 0 aromatic heterocycles. The fourth-order valence-electron chi connectivity index (χ4n) is 0.622. The number of rotatable bonds is 4. The predicted molar refractivity (Wildman–Crippen MR) is 41.6 cm³/mol. The van der Waals surface area contributed by atoms with Crippen molar-refractivity contribution in [3.05, 3.63) is 0 Å². The van der Waals surface area contributed by atoms with Crippen molar-refractivity contribution in [1.29, 1.82) is 0 Å². The molecule has 0 aliphatic rings. The van der Waals surface area contributed by atoms with Gasteiger partial charge in [-0.25, -0.2) is 0 Å².